The molecule has 114 valence electrons. The van der Waals surface area contributed by atoms with Crippen molar-refractivity contribution in [1.29, 1.82) is 0 Å². The monoisotopic (exact) mass is 344 g/mol. The number of benzene rings is 1. The van der Waals surface area contributed by atoms with Crippen molar-refractivity contribution in [2.24, 2.45) is 0 Å². The second kappa shape index (κ2) is 5.18. The number of rotatable bonds is 3. The van der Waals surface area contributed by atoms with Crippen LogP contribution < -0.4 is 4.72 Å². The van der Waals surface area contributed by atoms with E-state index in [9.17, 15) is 17.2 Å². The fourth-order valence-corrected chi connectivity index (χ4v) is 2.90. The van der Waals surface area contributed by atoms with Crippen molar-refractivity contribution in [3.63, 3.8) is 0 Å². The first-order chi connectivity index (χ1) is 10.4. The average molecular weight is 345 g/mol. The summed E-state index contributed by atoms with van der Waals surface area (Å²) in [6.45, 7) is 0. The SMILES string of the molecule is O=S(=O)(Nc1c(F)cccc1F)c1nc2c(Cl)cccn2n1. The third-order valence-electron chi connectivity index (χ3n) is 2.73. The summed E-state index contributed by atoms with van der Waals surface area (Å²) in [7, 11) is -4.37. The summed E-state index contributed by atoms with van der Waals surface area (Å²) < 4.78 is 54.3. The number of hydrogen-bond acceptors (Lipinski definition) is 4. The molecule has 0 aliphatic rings. The van der Waals surface area contributed by atoms with Crippen LogP contribution in [0.1, 0.15) is 0 Å². The zero-order valence-electron chi connectivity index (χ0n) is 10.7. The molecule has 0 aliphatic heterocycles. The van der Waals surface area contributed by atoms with Crippen LogP contribution in [0.5, 0.6) is 0 Å². The first-order valence-electron chi connectivity index (χ1n) is 5.86. The number of aromatic nitrogens is 3. The van der Waals surface area contributed by atoms with Crippen molar-refractivity contribution in [3.05, 3.63) is 53.2 Å². The zero-order chi connectivity index (χ0) is 15.9. The van der Waals surface area contributed by atoms with Crippen LogP contribution in [0.2, 0.25) is 5.02 Å². The van der Waals surface area contributed by atoms with Gasteiger partial charge in [0.2, 0.25) is 0 Å². The smallest absolute Gasteiger partial charge is 0.271 e. The van der Waals surface area contributed by atoms with E-state index in [1.807, 2.05) is 0 Å². The summed E-state index contributed by atoms with van der Waals surface area (Å²) in [5, 5.41) is 3.27. The van der Waals surface area contributed by atoms with Crippen LogP contribution in [0.15, 0.2) is 41.7 Å². The molecule has 0 saturated heterocycles. The Bertz CT molecular complexity index is 954. The summed E-state index contributed by atoms with van der Waals surface area (Å²) >= 11 is 5.87. The summed E-state index contributed by atoms with van der Waals surface area (Å²) in [5.74, 6) is -2.10. The highest BCUT2D eigenvalue weighted by Crippen LogP contribution is 2.22. The maximum Gasteiger partial charge on any atom is 0.299 e. The lowest BCUT2D eigenvalue weighted by Gasteiger charge is -2.06. The number of nitrogens with zero attached hydrogens (tertiary/aromatic N) is 3. The maximum atomic E-state index is 13.5. The molecule has 0 atom stereocenters. The Hall–Kier alpha value is -2.26. The Morgan fingerprint density at radius 3 is 2.45 bits per heavy atom. The summed E-state index contributed by atoms with van der Waals surface area (Å²) in [5.41, 5.74) is -0.689. The van der Waals surface area contributed by atoms with Crippen LogP contribution in [0, 0.1) is 11.6 Å². The van der Waals surface area contributed by atoms with Gasteiger partial charge < -0.3 is 0 Å². The molecule has 2 heterocycles. The van der Waals surface area contributed by atoms with Crippen molar-refractivity contribution < 1.29 is 17.2 Å². The van der Waals surface area contributed by atoms with E-state index in [2.05, 4.69) is 10.1 Å². The number of nitrogens with one attached hydrogen (secondary N) is 1. The molecule has 1 N–H and O–H groups in total. The van der Waals surface area contributed by atoms with Gasteiger partial charge in [-0.1, -0.05) is 17.7 Å². The van der Waals surface area contributed by atoms with Gasteiger partial charge in [0.25, 0.3) is 15.2 Å². The third-order valence-corrected chi connectivity index (χ3v) is 4.16. The highest BCUT2D eigenvalue weighted by Gasteiger charge is 2.24. The topological polar surface area (TPSA) is 76.4 Å². The lowest BCUT2D eigenvalue weighted by molar-refractivity contribution is 0.579. The number of para-hydroxylation sites is 1. The number of sulfonamides is 1. The Kier molecular flexibility index (Phi) is 3.45. The number of anilines is 1. The van der Waals surface area contributed by atoms with Gasteiger partial charge in [0.15, 0.2) is 5.65 Å². The molecule has 0 fully saturated rings. The molecule has 0 bridgehead atoms. The van der Waals surface area contributed by atoms with Crippen molar-refractivity contribution in [1.82, 2.24) is 14.6 Å². The summed E-state index contributed by atoms with van der Waals surface area (Å²) in [4.78, 5) is 3.76. The number of fused-ring (bicyclic) bond motifs is 1. The van der Waals surface area contributed by atoms with E-state index >= 15 is 0 Å². The Morgan fingerprint density at radius 1 is 1.14 bits per heavy atom. The van der Waals surface area contributed by atoms with E-state index in [1.165, 1.54) is 12.3 Å². The van der Waals surface area contributed by atoms with E-state index in [0.29, 0.717) is 0 Å². The predicted molar refractivity (Wildman–Crippen MR) is 75.2 cm³/mol. The van der Waals surface area contributed by atoms with Gasteiger partial charge in [0.05, 0.1) is 5.02 Å². The third kappa shape index (κ3) is 2.48. The molecular formula is C12H7ClF2N4O2S. The van der Waals surface area contributed by atoms with Gasteiger partial charge in [-0.05, 0) is 24.3 Å². The first kappa shape index (κ1) is 14.7. The highest BCUT2D eigenvalue weighted by molar-refractivity contribution is 7.92. The summed E-state index contributed by atoms with van der Waals surface area (Å²) in [6.07, 6.45) is 1.44. The molecular weight excluding hydrogens is 338 g/mol. The van der Waals surface area contributed by atoms with Gasteiger partial charge >= 0.3 is 0 Å². The van der Waals surface area contributed by atoms with Gasteiger partial charge in [0, 0.05) is 6.20 Å². The van der Waals surface area contributed by atoms with E-state index in [0.717, 1.165) is 22.7 Å². The second-order valence-corrected chi connectivity index (χ2v) is 6.20. The van der Waals surface area contributed by atoms with Crippen LogP contribution in [-0.2, 0) is 10.0 Å². The van der Waals surface area contributed by atoms with E-state index in [4.69, 9.17) is 11.6 Å². The molecule has 0 spiro atoms. The van der Waals surface area contributed by atoms with E-state index in [-0.39, 0.29) is 10.7 Å². The fraction of sp³-hybridized carbons (Fsp3) is 0. The summed E-state index contributed by atoms with van der Waals surface area (Å²) in [6, 6.07) is 6.02. The molecule has 22 heavy (non-hydrogen) atoms. The van der Waals surface area contributed by atoms with Gasteiger partial charge in [-0.25, -0.2) is 13.3 Å². The van der Waals surface area contributed by atoms with Gasteiger partial charge in [-0.2, -0.15) is 13.4 Å². The molecule has 0 amide bonds. The molecule has 2 aromatic heterocycles. The Balaban J connectivity index is 2.07. The van der Waals surface area contributed by atoms with Crippen molar-refractivity contribution in [3.8, 4) is 0 Å². The molecule has 6 nitrogen and oxygen atoms in total. The molecule has 10 heteroatoms. The Labute approximate surface area is 128 Å². The normalized spacial score (nSPS) is 11.8. The molecule has 0 saturated carbocycles. The predicted octanol–water partition coefficient (Wildman–Crippen LogP) is 2.46. The Morgan fingerprint density at radius 2 is 1.82 bits per heavy atom. The lowest BCUT2D eigenvalue weighted by Crippen LogP contribution is -2.16. The molecule has 1 aromatic carbocycles. The molecule has 0 aliphatic carbocycles. The minimum atomic E-state index is -4.37. The van der Waals surface area contributed by atoms with Crippen LogP contribution in [0.3, 0.4) is 0 Å². The van der Waals surface area contributed by atoms with Crippen LogP contribution in [0.4, 0.5) is 14.5 Å². The van der Waals surface area contributed by atoms with Crippen LogP contribution >= 0.6 is 11.6 Å². The van der Waals surface area contributed by atoms with Crippen LogP contribution in [0.25, 0.3) is 5.65 Å². The lowest BCUT2D eigenvalue weighted by atomic mass is 10.3. The highest BCUT2D eigenvalue weighted by atomic mass is 35.5. The second-order valence-electron chi connectivity index (χ2n) is 4.22. The van der Waals surface area contributed by atoms with Crippen molar-refractivity contribution >= 4 is 33.0 Å². The maximum absolute atomic E-state index is 13.5. The van der Waals surface area contributed by atoms with Crippen molar-refractivity contribution in [2.75, 3.05) is 4.72 Å². The van der Waals surface area contributed by atoms with Crippen LogP contribution in [-0.4, -0.2) is 23.0 Å². The fourth-order valence-electron chi connectivity index (χ4n) is 1.74. The molecule has 3 rings (SSSR count). The van der Waals surface area contributed by atoms with Gasteiger partial charge in [0.1, 0.15) is 17.3 Å². The van der Waals surface area contributed by atoms with Gasteiger partial charge in [-0.3, -0.25) is 4.72 Å². The van der Waals surface area contributed by atoms with Crippen molar-refractivity contribution in [2.45, 2.75) is 5.16 Å². The standard InChI is InChI=1S/C12H7ClF2N4O2S/c13-7-3-2-6-19-11(7)16-12(17-19)22(20,21)18-10-8(14)4-1-5-9(10)15/h1-6,18H. The largest absolute Gasteiger partial charge is 0.299 e. The van der Waals surface area contributed by atoms with Gasteiger partial charge in [-0.15, -0.1) is 5.10 Å². The zero-order valence-corrected chi connectivity index (χ0v) is 12.2. The average Bonchev–Trinajstić information content (AvgIpc) is 2.90. The van der Waals surface area contributed by atoms with E-state index in [1.54, 1.807) is 10.8 Å². The first-order valence-corrected chi connectivity index (χ1v) is 7.72. The molecule has 0 radical (unpaired) electrons. The quantitative estimate of drug-likeness (QED) is 0.792. The minimum absolute atomic E-state index is 0.110. The molecule has 0 unspecified atom stereocenters. The number of hydrogen-bond donors (Lipinski definition) is 1. The molecule has 3 aromatic rings. The van der Waals surface area contributed by atoms with E-state index < -0.39 is 32.5 Å². The number of halogens is 3. The minimum Gasteiger partial charge on any atom is -0.271 e. The number of pyridine rings is 1.